The van der Waals surface area contributed by atoms with Crippen LogP contribution >= 0.6 is 0 Å². The third kappa shape index (κ3) is 5.27. The fourth-order valence-electron chi connectivity index (χ4n) is 1.51. The van der Waals surface area contributed by atoms with Crippen molar-refractivity contribution < 1.29 is 9.53 Å². The van der Waals surface area contributed by atoms with Crippen LogP contribution in [-0.4, -0.2) is 29.5 Å². The first-order valence-electron chi connectivity index (χ1n) is 6.28. The van der Waals surface area contributed by atoms with Crippen molar-refractivity contribution in [2.45, 2.75) is 39.7 Å². The zero-order chi connectivity index (χ0) is 13.6. The molecule has 18 heavy (non-hydrogen) atoms. The minimum absolute atomic E-state index is 0.0334. The zero-order valence-corrected chi connectivity index (χ0v) is 11.6. The van der Waals surface area contributed by atoms with E-state index in [0.29, 0.717) is 30.9 Å². The Kier molecular flexibility index (Phi) is 5.28. The molecule has 0 aliphatic rings. The van der Waals surface area contributed by atoms with E-state index in [9.17, 15) is 4.79 Å². The maximum absolute atomic E-state index is 12.0. The summed E-state index contributed by atoms with van der Waals surface area (Å²) in [5, 5.41) is 3.29. The molecule has 0 atom stereocenters. The van der Waals surface area contributed by atoms with E-state index in [1.54, 1.807) is 18.5 Å². The molecule has 0 saturated heterocycles. The highest BCUT2D eigenvalue weighted by Gasteiger charge is 2.11. The molecule has 0 radical (unpaired) electrons. The number of carbonyl (C=O) groups excluding carboxylic acids is 1. The molecule has 0 spiro atoms. The number of ketones is 1. The summed E-state index contributed by atoms with van der Waals surface area (Å²) in [6, 6.07) is 1.75. The zero-order valence-electron chi connectivity index (χ0n) is 11.6. The van der Waals surface area contributed by atoms with Crippen LogP contribution < -0.4 is 10.1 Å². The van der Waals surface area contributed by atoms with Gasteiger partial charge in [0.25, 0.3) is 0 Å². The molecule has 0 aromatic carbocycles. The van der Waals surface area contributed by atoms with Gasteiger partial charge in [0.05, 0.1) is 12.8 Å². The van der Waals surface area contributed by atoms with Gasteiger partial charge in [0.2, 0.25) is 0 Å². The Hall–Kier alpha value is -1.42. The Labute approximate surface area is 109 Å². The number of aromatic nitrogens is 1. The average Bonchev–Trinajstić information content (AvgIpc) is 2.28. The number of nitrogens with one attached hydrogen (secondary N) is 1. The van der Waals surface area contributed by atoms with Gasteiger partial charge in [-0.3, -0.25) is 9.78 Å². The molecule has 0 saturated carbocycles. The first-order chi connectivity index (χ1) is 8.42. The van der Waals surface area contributed by atoms with E-state index in [1.807, 2.05) is 6.92 Å². The molecule has 1 aromatic rings. The fraction of sp³-hybridized carbons (Fsp3) is 0.571. The number of Topliss-reactive ketones (excluding diaryl/α,β-unsaturated/α-hetero) is 1. The second kappa shape index (κ2) is 6.50. The number of ether oxygens (including phenoxy) is 1. The highest BCUT2D eigenvalue weighted by molar-refractivity contribution is 5.96. The molecule has 0 aliphatic carbocycles. The van der Waals surface area contributed by atoms with E-state index >= 15 is 0 Å². The van der Waals surface area contributed by atoms with E-state index < -0.39 is 0 Å². The smallest absolute Gasteiger partial charge is 0.165 e. The first-order valence-corrected chi connectivity index (χ1v) is 6.28. The number of hydrogen-bond acceptors (Lipinski definition) is 4. The molecule has 100 valence electrons. The van der Waals surface area contributed by atoms with Crippen LogP contribution in [0.2, 0.25) is 0 Å². The monoisotopic (exact) mass is 250 g/mol. The Balaban J connectivity index is 2.53. The van der Waals surface area contributed by atoms with Gasteiger partial charge in [-0.05, 0) is 33.8 Å². The minimum atomic E-state index is 0.0334. The third-order valence-corrected chi connectivity index (χ3v) is 2.35. The topological polar surface area (TPSA) is 51.2 Å². The summed E-state index contributed by atoms with van der Waals surface area (Å²) in [5.74, 6) is 0.730. The maximum Gasteiger partial charge on any atom is 0.165 e. The van der Waals surface area contributed by atoms with Crippen molar-refractivity contribution in [1.29, 1.82) is 0 Å². The van der Waals surface area contributed by atoms with Gasteiger partial charge in [-0.25, -0.2) is 0 Å². The highest BCUT2D eigenvalue weighted by Crippen LogP contribution is 2.12. The Bertz CT molecular complexity index is 397. The summed E-state index contributed by atoms with van der Waals surface area (Å²) in [5.41, 5.74) is 0.641. The maximum atomic E-state index is 12.0. The quantitative estimate of drug-likeness (QED) is 0.788. The second-order valence-corrected chi connectivity index (χ2v) is 5.19. The number of pyridine rings is 1. The lowest BCUT2D eigenvalue weighted by atomic mass is 10.1. The van der Waals surface area contributed by atoms with Gasteiger partial charge in [0, 0.05) is 30.3 Å². The van der Waals surface area contributed by atoms with Crippen LogP contribution in [0.1, 0.15) is 44.5 Å². The van der Waals surface area contributed by atoms with E-state index in [1.165, 1.54) is 0 Å². The van der Waals surface area contributed by atoms with Crippen molar-refractivity contribution in [2.75, 3.05) is 13.2 Å². The summed E-state index contributed by atoms with van der Waals surface area (Å²) in [7, 11) is 0. The first kappa shape index (κ1) is 14.6. The van der Waals surface area contributed by atoms with Gasteiger partial charge in [0.1, 0.15) is 5.75 Å². The summed E-state index contributed by atoms with van der Waals surface area (Å²) in [6.45, 7) is 9.38. The molecule has 1 heterocycles. The molecular formula is C14H22N2O2. The van der Waals surface area contributed by atoms with Gasteiger partial charge >= 0.3 is 0 Å². The molecule has 1 rings (SSSR count). The van der Waals surface area contributed by atoms with Crippen LogP contribution in [0.3, 0.4) is 0 Å². The fourth-order valence-corrected chi connectivity index (χ4v) is 1.51. The van der Waals surface area contributed by atoms with Gasteiger partial charge in [-0.2, -0.15) is 0 Å². The van der Waals surface area contributed by atoms with Crippen LogP contribution in [0, 0.1) is 0 Å². The lowest BCUT2D eigenvalue weighted by Gasteiger charge is -2.20. The molecule has 0 aliphatic heterocycles. The minimum Gasteiger partial charge on any atom is -0.492 e. The molecule has 0 fully saturated rings. The SMILES string of the molecule is CCOc1cncc(C(=O)CCNC(C)(C)C)c1. The number of nitrogens with zero attached hydrogens (tertiary/aromatic N) is 1. The van der Waals surface area contributed by atoms with E-state index in [-0.39, 0.29) is 11.3 Å². The van der Waals surface area contributed by atoms with Crippen LogP contribution in [0.25, 0.3) is 0 Å². The van der Waals surface area contributed by atoms with E-state index in [4.69, 9.17) is 4.74 Å². The van der Waals surface area contributed by atoms with Gasteiger partial charge in [0.15, 0.2) is 5.78 Å². The number of hydrogen-bond donors (Lipinski definition) is 1. The summed E-state index contributed by atoms with van der Waals surface area (Å²) >= 11 is 0. The van der Waals surface area contributed by atoms with Gasteiger partial charge < -0.3 is 10.1 Å². The standard InChI is InChI=1S/C14H22N2O2/c1-5-18-12-8-11(9-15-10-12)13(17)6-7-16-14(2,3)4/h8-10,16H,5-7H2,1-4H3. The van der Waals surface area contributed by atoms with Crippen molar-refractivity contribution >= 4 is 5.78 Å². The number of carbonyl (C=O) groups is 1. The van der Waals surface area contributed by atoms with Crippen molar-refractivity contribution in [2.24, 2.45) is 0 Å². The van der Waals surface area contributed by atoms with E-state index in [2.05, 4.69) is 31.1 Å². The van der Waals surface area contributed by atoms with Gasteiger partial charge in [-0.1, -0.05) is 0 Å². The van der Waals surface area contributed by atoms with Crippen molar-refractivity contribution in [3.8, 4) is 5.75 Å². The lowest BCUT2D eigenvalue weighted by molar-refractivity contribution is 0.0979. The molecule has 0 unspecified atom stereocenters. The highest BCUT2D eigenvalue weighted by atomic mass is 16.5. The third-order valence-electron chi connectivity index (χ3n) is 2.35. The summed E-state index contributed by atoms with van der Waals surface area (Å²) in [4.78, 5) is 16.0. The normalized spacial score (nSPS) is 11.3. The largest absolute Gasteiger partial charge is 0.492 e. The molecule has 4 nitrogen and oxygen atoms in total. The summed E-state index contributed by atoms with van der Waals surface area (Å²) < 4.78 is 5.33. The van der Waals surface area contributed by atoms with Crippen LogP contribution in [0.5, 0.6) is 5.75 Å². The average molecular weight is 250 g/mol. The molecule has 4 heteroatoms. The van der Waals surface area contributed by atoms with Crippen molar-refractivity contribution in [3.63, 3.8) is 0 Å². The van der Waals surface area contributed by atoms with Gasteiger partial charge in [-0.15, -0.1) is 0 Å². The molecule has 1 aromatic heterocycles. The lowest BCUT2D eigenvalue weighted by Crippen LogP contribution is -2.37. The number of rotatable bonds is 6. The van der Waals surface area contributed by atoms with Crippen molar-refractivity contribution in [3.05, 3.63) is 24.0 Å². The van der Waals surface area contributed by atoms with Crippen LogP contribution in [-0.2, 0) is 0 Å². The molecular weight excluding hydrogens is 228 g/mol. The van der Waals surface area contributed by atoms with Crippen LogP contribution in [0.4, 0.5) is 0 Å². The van der Waals surface area contributed by atoms with Crippen molar-refractivity contribution in [1.82, 2.24) is 10.3 Å². The molecule has 1 N–H and O–H groups in total. The second-order valence-electron chi connectivity index (χ2n) is 5.19. The Morgan fingerprint density at radius 1 is 1.39 bits per heavy atom. The van der Waals surface area contributed by atoms with Crippen LogP contribution in [0.15, 0.2) is 18.5 Å². The Morgan fingerprint density at radius 3 is 2.72 bits per heavy atom. The molecule has 0 amide bonds. The Morgan fingerprint density at radius 2 is 2.11 bits per heavy atom. The molecule has 0 bridgehead atoms. The predicted molar refractivity (Wildman–Crippen MR) is 72.1 cm³/mol. The predicted octanol–water partition coefficient (Wildman–Crippen LogP) is 2.44. The summed E-state index contributed by atoms with van der Waals surface area (Å²) in [6.07, 6.45) is 3.67. The van der Waals surface area contributed by atoms with E-state index in [0.717, 1.165) is 0 Å².